The van der Waals surface area contributed by atoms with Crippen molar-refractivity contribution in [3.63, 3.8) is 0 Å². The lowest BCUT2D eigenvalue weighted by molar-refractivity contribution is -0.123. The summed E-state index contributed by atoms with van der Waals surface area (Å²) in [6.45, 7) is 4.07. The van der Waals surface area contributed by atoms with Gasteiger partial charge in [0.05, 0.1) is 16.6 Å². The molecule has 112 valence electrons. The van der Waals surface area contributed by atoms with Gasteiger partial charge in [-0.2, -0.15) is 0 Å². The molecule has 0 saturated carbocycles. The van der Waals surface area contributed by atoms with Crippen LogP contribution in [0.25, 0.3) is 11.0 Å². The van der Waals surface area contributed by atoms with Gasteiger partial charge in [-0.15, -0.1) is 0 Å². The zero-order valence-corrected chi connectivity index (χ0v) is 11.8. The summed E-state index contributed by atoms with van der Waals surface area (Å²) < 4.78 is 1.27. The maximum Gasteiger partial charge on any atom is 0.335 e. The van der Waals surface area contributed by atoms with Crippen molar-refractivity contribution in [3.05, 3.63) is 34.2 Å². The molecule has 2 rings (SSSR count). The van der Waals surface area contributed by atoms with E-state index in [1.807, 2.05) is 6.92 Å². The standard InChI is InChI=1S/C14H17N3O4/c1-3-6-15-12(18)8(2)17-11-7-9(13(19)20)4-5-10(11)16-14(17)21/h4-5,7-8H,3,6H2,1-2H3,(H,15,18)(H,16,21)(H,19,20). The van der Waals surface area contributed by atoms with Gasteiger partial charge in [0, 0.05) is 6.54 Å². The third kappa shape index (κ3) is 2.81. The number of hydrogen-bond donors (Lipinski definition) is 3. The van der Waals surface area contributed by atoms with Crippen LogP contribution in [-0.4, -0.2) is 33.1 Å². The van der Waals surface area contributed by atoms with Gasteiger partial charge in [0.25, 0.3) is 0 Å². The van der Waals surface area contributed by atoms with Crippen LogP contribution >= 0.6 is 0 Å². The van der Waals surface area contributed by atoms with Crippen LogP contribution in [0.3, 0.4) is 0 Å². The highest BCUT2D eigenvalue weighted by Gasteiger charge is 2.20. The second kappa shape index (κ2) is 5.82. The summed E-state index contributed by atoms with van der Waals surface area (Å²) in [5.41, 5.74) is 0.530. The summed E-state index contributed by atoms with van der Waals surface area (Å²) in [4.78, 5) is 37.7. The van der Waals surface area contributed by atoms with Gasteiger partial charge < -0.3 is 15.4 Å². The van der Waals surface area contributed by atoms with Crippen molar-refractivity contribution < 1.29 is 14.7 Å². The van der Waals surface area contributed by atoms with Crippen LogP contribution in [0.4, 0.5) is 0 Å². The normalized spacial score (nSPS) is 12.3. The van der Waals surface area contributed by atoms with E-state index in [1.165, 1.54) is 22.8 Å². The molecule has 0 saturated heterocycles. The molecule has 1 unspecified atom stereocenters. The minimum absolute atomic E-state index is 0.0661. The van der Waals surface area contributed by atoms with Crippen molar-refractivity contribution >= 4 is 22.9 Å². The monoisotopic (exact) mass is 291 g/mol. The van der Waals surface area contributed by atoms with Crippen molar-refractivity contribution in [2.75, 3.05) is 6.54 Å². The SMILES string of the molecule is CCCNC(=O)C(C)n1c(=O)[nH]c2ccc(C(=O)O)cc21. The fourth-order valence-electron chi connectivity index (χ4n) is 2.15. The average molecular weight is 291 g/mol. The molecule has 2 aromatic rings. The topological polar surface area (TPSA) is 104 Å². The van der Waals surface area contributed by atoms with Crippen molar-refractivity contribution in [2.45, 2.75) is 26.3 Å². The van der Waals surface area contributed by atoms with Gasteiger partial charge in [0.15, 0.2) is 0 Å². The second-order valence-electron chi connectivity index (χ2n) is 4.80. The highest BCUT2D eigenvalue weighted by Crippen LogP contribution is 2.17. The van der Waals surface area contributed by atoms with E-state index in [0.29, 0.717) is 17.6 Å². The number of aromatic carboxylic acids is 1. The lowest BCUT2D eigenvalue weighted by atomic mass is 10.2. The van der Waals surface area contributed by atoms with E-state index in [0.717, 1.165) is 6.42 Å². The number of H-pyrrole nitrogens is 1. The van der Waals surface area contributed by atoms with E-state index in [-0.39, 0.29) is 11.5 Å². The first-order chi connectivity index (χ1) is 9.95. The molecule has 7 nitrogen and oxygen atoms in total. The number of carboxylic acid groups (broad SMARTS) is 1. The number of rotatable bonds is 5. The Kier molecular flexibility index (Phi) is 4.11. The van der Waals surface area contributed by atoms with Gasteiger partial charge in [-0.3, -0.25) is 9.36 Å². The first-order valence-corrected chi connectivity index (χ1v) is 6.71. The zero-order valence-electron chi connectivity index (χ0n) is 11.8. The van der Waals surface area contributed by atoms with Crippen LogP contribution in [0.15, 0.2) is 23.0 Å². The maximum atomic E-state index is 12.0. The molecule has 1 amide bonds. The zero-order chi connectivity index (χ0) is 15.6. The third-order valence-corrected chi connectivity index (χ3v) is 3.28. The summed E-state index contributed by atoms with van der Waals surface area (Å²) >= 11 is 0. The number of nitrogens with zero attached hydrogens (tertiary/aromatic N) is 1. The van der Waals surface area contributed by atoms with Gasteiger partial charge in [0.2, 0.25) is 5.91 Å². The summed E-state index contributed by atoms with van der Waals surface area (Å²) in [5.74, 6) is -1.36. The number of aromatic nitrogens is 2. The molecule has 1 aromatic heterocycles. The Bertz CT molecular complexity index is 744. The number of nitrogens with one attached hydrogen (secondary N) is 2. The second-order valence-corrected chi connectivity index (χ2v) is 4.80. The van der Waals surface area contributed by atoms with Crippen LogP contribution in [0.2, 0.25) is 0 Å². The number of carbonyl (C=O) groups excluding carboxylic acids is 1. The van der Waals surface area contributed by atoms with Crippen LogP contribution in [-0.2, 0) is 4.79 Å². The van der Waals surface area contributed by atoms with E-state index in [4.69, 9.17) is 5.11 Å². The number of amides is 1. The highest BCUT2D eigenvalue weighted by atomic mass is 16.4. The van der Waals surface area contributed by atoms with E-state index in [1.54, 1.807) is 6.92 Å². The Morgan fingerprint density at radius 2 is 2.14 bits per heavy atom. The van der Waals surface area contributed by atoms with E-state index in [9.17, 15) is 14.4 Å². The van der Waals surface area contributed by atoms with Crippen LogP contribution in [0, 0.1) is 0 Å². The van der Waals surface area contributed by atoms with E-state index >= 15 is 0 Å². The molecule has 21 heavy (non-hydrogen) atoms. The Hall–Kier alpha value is -2.57. The molecule has 0 aliphatic heterocycles. The molecule has 1 heterocycles. The molecule has 1 atom stereocenters. The number of aromatic amines is 1. The Labute approximate surface area is 120 Å². The molecule has 0 aliphatic rings. The van der Waals surface area contributed by atoms with Gasteiger partial charge in [-0.1, -0.05) is 6.92 Å². The third-order valence-electron chi connectivity index (χ3n) is 3.28. The van der Waals surface area contributed by atoms with Crippen molar-refractivity contribution in [1.29, 1.82) is 0 Å². The Morgan fingerprint density at radius 3 is 2.76 bits per heavy atom. The molecule has 0 spiro atoms. The summed E-state index contributed by atoms with van der Waals surface area (Å²) in [6, 6.07) is 3.60. The Balaban J connectivity index is 2.49. The minimum atomic E-state index is -1.08. The number of imidazole rings is 1. The summed E-state index contributed by atoms with van der Waals surface area (Å²) in [5, 5.41) is 11.7. The molecular weight excluding hydrogens is 274 g/mol. The molecule has 1 aromatic carbocycles. The quantitative estimate of drug-likeness (QED) is 0.767. The molecular formula is C14H17N3O4. The maximum absolute atomic E-state index is 12.0. The number of carbonyl (C=O) groups is 2. The molecule has 0 radical (unpaired) electrons. The minimum Gasteiger partial charge on any atom is -0.478 e. The number of benzene rings is 1. The predicted octanol–water partition coefficient (Wildman–Crippen LogP) is 1.11. The van der Waals surface area contributed by atoms with Crippen molar-refractivity contribution in [1.82, 2.24) is 14.9 Å². The van der Waals surface area contributed by atoms with E-state index < -0.39 is 17.7 Å². The van der Waals surface area contributed by atoms with Crippen molar-refractivity contribution in [2.24, 2.45) is 0 Å². The van der Waals surface area contributed by atoms with Gasteiger partial charge in [-0.25, -0.2) is 9.59 Å². The van der Waals surface area contributed by atoms with Gasteiger partial charge in [0.1, 0.15) is 6.04 Å². The van der Waals surface area contributed by atoms with E-state index in [2.05, 4.69) is 10.3 Å². The lowest BCUT2D eigenvalue weighted by Crippen LogP contribution is -2.35. The largest absolute Gasteiger partial charge is 0.478 e. The fourth-order valence-corrected chi connectivity index (χ4v) is 2.15. The fraction of sp³-hybridized carbons (Fsp3) is 0.357. The molecule has 3 N–H and O–H groups in total. The first kappa shape index (κ1) is 14.8. The number of hydrogen-bond acceptors (Lipinski definition) is 3. The van der Waals surface area contributed by atoms with Crippen molar-refractivity contribution in [3.8, 4) is 0 Å². The summed E-state index contributed by atoms with van der Waals surface area (Å²) in [7, 11) is 0. The number of carboxylic acids is 1. The number of fused-ring (bicyclic) bond motifs is 1. The average Bonchev–Trinajstić information content (AvgIpc) is 2.78. The molecule has 0 fully saturated rings. The smallest absolute Gasteiger partial charge is 0.335 e. The van der Waals surface area contributed by atoms with Crippen LogP contribution < -0.4 is 11.0 Å². The van der Waals surface area contributed by atoms with Crippen LogP contribution in [0.5, 0.6) is 0 Å². The van der Waals surface area contributed by atoms with Gasteiger partial charge >= 0.3 is 11.7 Å². The molecule has 0 bridgehead atoms. The highest BCUT2D eigenvalue weighted by molar-refractivity contribution is 5.93. The lowest BCUT2D eigenvalue weighted by Gasteiger charge is -2.13. The first-order valence-electron chi connectivity index (χ1n) is 6.71. The van der Waals surface area contributed by atoms with Gasteiger partial charge in [-0.05, 0) is 31.5 Å². The Morgan fingerprint density at radius 1 is 1.43 bits per heavy atom. The molecule has 0 aliphatic carbocycles. The molecule has 7 heteroatoms. The summed E-state index contributed by atoms with van der Waals surface area (Å²) in [6.07, 6.45) is 0.796. The van der Waals surface area contributed by atoms with Crippen LogP contribution in [0.1, 0.15) is 36.7 Å². The predicted molar refractivity (Wildman–Crippen MR) is 77.5 cm³/mol.